The maximum absolute atomic E-state index is 9.75. The molecule has 5 radical (unpaired) electrons. The Labute approximate surface area is 127 Å². The van der Waals surface area contributed by atoms with Gasteiger partial charge in [0.25, 0.3) is 0 Å². The van der Waals surface area contributed by atoms with E-state index >= 15 is 0 Å². The molecule has 20 heavy (non-hydrogen) atoms. The third kappa shape index (κ3) is 84.5. The quantitative estimate of drug-likeness (QED) is 0.282. The van der Waals surface area contributed by atoms with Crippen molar-refractivity contribution in [1.82, 2.24) is 0 Å². The van der Waals surface area contributed by atoms with E-state index in [9.17, 15) is 17.3 Å². The Balaban J connectivity index is -0.0000000550. The van der Waals surface area contributed by atoms with Crippen molar-refractivity contribution in [2.75, 3.05) is 0 Å². The molecule has 1 fully saturated rings. The molecule has 113 valence electrons. The van der Waals surface area contributed by atoms with E-state index in [1.165, 1.54) is 19.3 Å². The van der Waals surface area contributed by atoms with E-state index in [4.69, 9.17) is 14.0 Å². The Morgan fingerprint density at radius 1 is 0.700 bits per heavy atom. The van der Waals surface area contributed by atoms with E-state index in [-0.39, 0.29) is 17.1 Å². The molecule has 0 spiro atoms. The fourth-order valence-corrected chi connectivity index (χ4v) is 0.767. The number of hydrogen-bond acceptors (Lipinski definition) is 0. The first-order valence-electron chi connectivity index (χ1n) is 4.64. The van der Waals surface area contributed by atoms with E-state index in [1.54, 1.807) is 0 Å². The summed E-state index contributed by atoms with van der Waals surface area (Å²) in [6, 6.07) is 0. The van der Waals surface area contributed by atoms with Gasteiger partial charge in [-0.2, -0.15) is 0 Å². The van der Waals surface area contributed by atoms with Gasteiger partial charge >= 0.3 is 41.2 Å². The predicted octanol–water partition coefficient (Wildman–Crippen LogP) is 3.38. The van der Waals surface area contributed by atoms with Crippen molar-refractivity contribution < 1.29 is 48.3 Å². The molecule has 9 heteroatoms. The molecular formula is C11H11BF4FeO3-. The summed E-state index contributed by atoms with van der Waals surface area (Å²) in [4.78, 5) is 0. The molecule has 0 aromatic carbocycles. The standard InChI is InChI=1S/C8H11.3CO.BF4.Fe/c1-2-4-6-8-7-5-3-1;3*1-2;2-1(3,4)5;/h1-5H,6-8H2;;;;;/q;;;;-1;. The van der Waals surface area contributed by atoms with Crippen LogP contribution in [0.5, 0.6) is 0 Å². The summed E-state index contributed by atoms with van der Waals surface area (Å²) in [6.45, 7) is 13.5. The van der Waals surface area contributed by atoms with E-state index in [1.807, 2.05) is 0 Å². The fraction of sp³-hybridized carbons (Fsp3) is 0.273. The topological polar surface area (TPSA) is 59.7 Å². The fourth-order valence-electron chi connectivity index (χ4n) is 0.767. The van der Waals surface area contributed by atoms with Gasteiger partial charge in [0.2, 0.25) is 0 Å². The Bertz CT molecular complexity index is 176. The van der Waals surface area contributed by atoms with Crippen LogP contribution in [-0.4, -0.2) is 7.25 Å². The van der Waals surface area contributed by atoms with Gasteiger partial charge in [-0.3, -0.25) is 0 Å². The van der Waals surface area contributed by atoms with Crippen molar-refractivity contribution in [1.29, 1.82) is 0 Å². The SMILES string of the molecule is F[B-](F)(F)F.[C-]#[O+].[C-]#[O+].[C-]#[O+].[CH]1[CH][CH]CCC[CH][CH]1.[Fe]. The van der Waals surface area contributed by atoms with Crippen LogP contribution in [0.4, 0.5) is 17.3 Å². The van der Waals surface area contributed by atoms with Crippen molar-refractivity contribution in [3.8, 4) is 0 Å². The maximum atomic E-state index is 9.75. The smallest absolute Gasteiger partial charge is 0 e. The third-order valence-electron chi connectivity index (χ3n) is 1.24. The van der Waals surface area contributed by atoms with Gasteiger partial charge in [0, 0.05) is 17.1 Å². The molecular weight excluding hydrogens is 323 g/mol. The van der Waals surface area contributed by atoms with E-state index in [0.717, 1.165) is 0 Å². The molecule has 0 aromatic rings. The molecule has 0 amide bonds. The summed E-state index contributed by atoms with van der Waals surface area (Å²) in [5.41, 5.74) is 0. The second-order valence-corrected chi connectivity index (χ2v) is 2.47. The molecule has 0 N–H and O–H groups in total. The molecule has 1 rings (SSSR count). The third-order valence-corrected chi connectivity index (χ3v) is 1.24. The van der Waals surface area contributed by atoms with Crippen LogP contribution in [0.15, 0.2) is 0 Å². The van der Waals surface area contributed by atoms with Crippen LogP contribution in [0.1, 0.15) is 19.3 Å². The predicted molar refractivity (Wildman–Crippen MR) is 57.3 cm³/mol. The minimum atomic E-state index is -6.00. The zero-order valence-electron chi connectivity index (χ0n) is 10.2. The van der Waals surface area contributed by atoms with Crippen molar-refractivity contribution >= 4 is 7.25 Å². The number of halogens is 4. The van der Waals surface area contributed by atoms with Crippen LogP contribution >= 0.6 is 0 Å². The van der Waals surface area contributed by atoms with Gasteiger partial charge in [0.1, 0.15) is 0 Å². The second kappa shape index (κ2) is 31.1. The van der Waals surface area contributed by atoms with Gasteiger partial charge in [0.15, 0.2) is 0 Å². The first kappa shape index (κ1) is 31.8. The Morgan fingerprint density at radius 3 is 1.20 bits per heavy atom. The summed E-state index contributed by atoms with van der Waals surface area (Å²) < 4.78 is 61.5. The second-order valence-electron chi connectivity index (χ2n) is 2.47. The van der Waals surface area contributed by atoms with Crippen LogP contribution in [0.3, 0.4) is 0 Å². The van der Waals surface area contributed by atoms with Crippen LogP contribution in [0.2, 0.25) is 0 Å². The Kier molecular flexibility index (Phi) is 49.4. The minimum Gasteiger partial charge on any atom is -0.0527 e. The van der Waals surface area contributed by atoms with Gasteiger partial charge in [-0.1, -0.05) is 6.42 Å². The molecule has 1 aliphatic carbocycles. The van der Waals surface area contributed by atoms with Crippen LogP contribution < -0.4 is 0 Å². The first-order valence-corrected chi connectivity index (χ1v) is 4.64. The van der Waals surface area contributed by atoms with Crippen molar-refractivity contribution in [2.24, 2.45) is 0 Å². The summed E-state index contributed by atoms with van der Waals surface area (Å²) in [5, 5.41) is 0. The van der Waals surface area contributed by atoms with Crippen molar-refractivity contribution in [3.05, 3.63) is 52.1 Å². The molecule has 0 aliphatic heterocycles. The molecule has 1 saturated carbocycles. The van der Waals surface area contributed by atoms with Crippen LogP contribution in [0, 0.1) is 52.1 Å². The molecule has 0 saturated heterocycles. The zero-order valence-corrected chi connectivity index (χ0v) is 11.3. The average Bonchev–Trinajstić information content (AvgIpc) is 2.34. The van der Waals surface area contributed by atoms with E-state index in [0.29, 0.717) is 0 Å². The van der Waals surface area contributed by atoms with Gasteiger partial charge in [-0.05, 0) is 44.9 Å². The number of hydrogen-bond donors (Lipinski definition) is 0. The molecule has 0 aromatic heterocycles. The van der Waals surface area contributed by atoms with E-state index in [2.05, 4.69) is 52.1 Å². The summed E-state index contributed by atoms with van der Waals surface area (Å²) in [6.07, 6.45) is 14.5. The molecule has 1 aliphatic rings. The largest absolute Gasteiger partial charge is 0.0527 e. The summed E-state index contributed by atoms with van der Waals surface area (Å²) in [5.74, 6) is 0. The molecule has 3 nitrogen and oxygen atoms in total. The van der Waals surface area contributed by atoms with Crippen molar-refractivity contribution in [2.45, 2.75) is 19.3 Å². The van der Waals surface area contributed by atoms with Gasteiger partial charge in [-0.15, -0.1) is 0 Å². The van der Waals surface area contributed by atoms with Gasteiger partial charge in [-0.25, -0.2) is 0 Å². The Hall–Kier alpha value is -0.476. The molecule has 0 unspecified atom stereocenters. The van der Waals surface area contributed by atoms with Gasteiger partial charge in [0.05, 0.1) is 0 Å². The summed E-state index contributed by atoms with van der Waals surface area (Å²) >= 11 is 0. The zero-order chi connectivity index (χ0) is 16.2. The number of rotatable bonds is 0. The van der Waals surface area contributed by atoms with E-state index < -0.39 is 7.25 Å². The molecule has 0 atom stereocenters. The normalized spacial score (nSPS) is 12.9. The summed E-state index contributed by atoms with van der Waals surface area (Å²) in [7, 11) is -6.00. The first-order chi connectivity index (χ1) is 9.00. The average molecular weight is 334 g/mol. The van der Waals surface area contributed by atoms with Crippen LogP contribution in [-0.2, 0) is 31.0 Å². The molecule has 0 bridgehead atoms. The Morgan fingerprint density at radius 2 is 0.950 bits per heavy atom. The van der Waals surface area contributed by atoms with Crippen molar-refractivity contribution in [3.63, 3.8) is 0 Å². The maximum Gasteiger partial charge on any atom is 0 e. The minimum absolute atomic E-state index is 0. The monoisotopic (exact) mass is 334 g/mol. The van der Waals surface area contributed by atoms with Crippen LogP contribution in [0.25, 0.3) is 0 Å². The molecule has 0 heterocycles. The van der Waals surface area contributed by atoms with Gasteiger partial charge < -0.3 is 17.3 Å².